The summed E-state index contributed by atoms with van der Waals surface area (Å²) in [5, 5.41) is 0. The van der Waals surface area contributed by atoms with Crippen molar-refractivity contribution in [3.63, 3.8) is 0 Å². The van der Waals surface area contributed by atoms with Gasteiger partial charge < -0.3 is 32.9 Å². The van der Waals surface area contributed by atoms with Crippen molar-refractivity contribution in [1.82, 2.24) is 4.98 Å². The molecule has 0 spiro atoms. The first kappa shape index (κ1) is 10.9. The van der Waals surface area contributed by atoms with E-state index >= 15 is 0 Å². The van der Waals surface area contributed by atoms with Gasteiger partial charge >= 0.3 is 0 Å². The molecule has 1 rings (SSSR count). The molecule has 0 fully saturated rings. The van der Waals surface area contributed by atoms with E-state index in [0.717, 1.165) is 16.9 Å². The first-order valence-corrected chi connectivity index (χ1v) is 3.27. The quantitative estimate of drug-likeness (QED) is 0.453. The zero-order valence-electron chi connectivity index (χ0n) is 7.04. The Kier molecular flexibility index (Phi) is 4.02. The normalized spacial score (nSPS) is 10.8. The zero-order chi connectivity index (χ0) is 7.61. The second-order valence-electron chi connectivity index (χ2n) is 3.37. The highest BCUT2D eigenvalue weighted by atomic mass is 127. The van der Waals surface area contributed by atoms with Crippen LogP contribution in [0.25, 0.3) is 0 Å². The number of rotatable bonds is 2. The summed E-state index contributed by atoms with van der Waals surface area (Å²) in [4.78, 5) is 4.02. The lowest BCUT2D eigenvalue weighted by atomic mass is 10.5. The van der Waals surface area contributed by atoms with Crippen molar-refractivity contribution in [3.8, 4) is 0 Å². The molecule has 0 aliphatic rings. The summed E-state index contributed by atoms with van der Waals surface area (Å²) in [5.41, 5.74) is 0. The van der Waals surface area contributed by atoms with Crippen LogP contribution < -0.4 is 24.0 Å². The first-order chi connectivity index (χ1) is 4.58. The molecule has 1 aromatic heterocycles. The molecule has 3 nitrogen and oxygen atoms in total. The standard InChI is InChI=1S/C7H13N2O.HI/c1-9(2,3)6-7-8-4-5-10-7;/h4-5H,6H2,1-3H3;1H/q+1;/p-1. The molecule has 1 heterocycles. The third-order valence-electron chi connectivity index (χ3n) is 1.09. The van der Waals surface area contributed by atoms with Crippen LogP contribution in [0.5, 0.6) is 0 Å². The van der Waals surface area contributed by atoms with Crippen LogP contribution >= 0.6 is 0 Å². The molecule has 11 heavy (non-hydrogen) atoms. The van der Waals surface area contributed by atoms with Crippen LogP contribution in [-0.4, -0.2) is 30.6 Å². The molecule has 0 atom stereocenters. The average molecular weight is 268 g/mol. The number of nitrogens with zero attached hydrogens (tertiary/aromatic N) is 2. The highest BCUT2D eigenvalue weighted by Crippen LogP contribution is 2.02. The lowest BCUT2D eigenvalue weighted by molar-refractivity contribution is -0.885. The highest BCUT2D eigenvalue weighted by Gasteiger charge is 2.10. The minimum Gasteiger partial charge on any atom is -1.00 e. The van der Waals surface area contributed by atoms with Gasteiger partial charge in [-0.05, 0) is 0 Å². The highest BCUT2D eigenvalue weighted by molar-refractivity contribution is 4.75. The van der Waals surface area contributed by atoms with Crippen LogP contribution in [0, 0.1) is 0 Å². The lowest BCUT2D eigenvalue weighted by Crippen LogP contribution is -3.00. The van der Waals surface area contributed by atoms with Gasteiger partial charge in [0.05, 0.1) is 27.3 Å². The van der Waals surface area contributed by atoms with E-state index in [1.807, 2.05) is 0 Å². The maximum absolute atomic E-state index is 5.08. The molecule has 0 unspecified atom stereocenters. The molecule has 0 amide bonds. The second kappa shape index (κ2) is 4.06. The first-order valence-electron chi connectivity index (χ1n) is 3.27. The van der Waals surface area contributed by atoms with Gasteiger partial charge in [-0.15, -0.1) is 0 Å². The minimum atomic E-state index is 0. The van der Waals surface area contributed by atoms with Crippen molar-refractivity contribution in [2.75, 3.05) is 21.1 Å². The molecule has 0 radical (unpaired) electrons. The minimum absolute atomic E-state index is 0. The van der Waals surface area contributed by atoms with Gasteiger partial charge in [0.1, 0.15) is 6.26 Å². The van der Waals surface area contributed by atoms with Gasteiger partial charge in [0.25, 0.3) is 0 Å². The molecule has 4 heteroatoms. The van der Waals surface area contributed by atoms with E-state index < -0.39 is 0 Å². The zero-order valence-corrected chi connectivity index (χ0v) is 9.20. The fourth-order valence-electron chi connectivity index (χ4n) is 0.737. The van der Waals surface area contributed by atoms with Gasteiger partial charge in [0, 0.05) is 0 Å². The Balaban J connectivity index is 0.000001000. The van der Waals surface area contributed by atoms with Gasteiger partial charge in [-0.2, -0.15) is 0 Å². The molecule has 0 aliphatic carbocycles. The van der Waals surface area contributed by atoms with Crippen LogP contribution in [0.3, 0.4) is 0 Å². The van der Waals surface area contributed by atoms with Crippen LogP contribution in [0.15, 0.2) is 16.9 Å². The van der Waals surface area contributed by atoms with Crippen LogP contribution in [-0.2, 0) is 6.54 Å². The Labute approximate surface area is 84.0 Å². The summed E-state index contributed by atoms with van der Waals surface area (Å²) in [6.07, 6.45) is 3.27. The number of hydrogen-bond donors (Lipinski definition) is 0. The summed E-state index contributed by atoms with van der Waals surface area (Å²) in [6.45, 7) is 0.840. The van der Waals surface area contributed by atoms with Gasteiger partial charge in [0.15, 0.2) is 6.54 Å². The molecular weight excluding hydrogens is 255 g/mol. The third kappa shape index (κ3) is 4.36. The van der Waals surface area contributed by atoms with E-state index in [-0.39, 0.29) is 24.0 Å². The Morgan fingerprint density at radius 1 is 1.45 bits per heavy atom. The van der Waals surface area contributed by atoms with Crippen LogP contribution in [0.4, 0.5) is 0 Å². The topological polar surface area (TPSA) is 26.0 Å². The van der Waals surface area contributed by atoms with Crippen molar-refractivity contribution >= 4 is 0 Å². The van der Waals surface area contributed by atoms with Gasteiger partial charge in [-0.3, -0.25) is 0 Å². The molecule has 0 saturated heterocycles. The molecule has 1 aromatic rings. The lowest BCUT2D eigenvalue weighted by Gasteiger charge is -2.21. The van der Waals surface area contributed by atoms with Crippen molar-refractivity contribution in [2.24, 2.45) is 0 Å². The molecule has 0 bridgehead atoms. The molecule has 0 saturated carbocycles. The summed E-state index contributed by atoms with van der Waals surface area (Å²) in [5.74, 6) is 0.799. The second-order valence-corrected chi connectivity index (χ2v) is 3.37. The van der Waals surface area contributed by atoms with Gasteiger partial charge in [0.2, 0.25) is 5.89 Å². The Bertz CT molecular complexity index is 191. The largest absolute Gasteiger partial charge is 1.00 e. The summed E-state index contributed by atoms with van der Waals surface area (Å²) in [6, 6.07) is 0. The molecule has 0 aromatic carbocycles. The van der Waals surface area contributed by atoms with Crippen molar-refractivity contribution in [3.05, 3.63) is 18.4 Å². The molecule has 64 valence electrons. The monoisotopic (exact) mass is 268 g/mol. The van der Waals surface area contributed by atoms with E-state index in [4.69, 9.17) is 4.42 Å². The number of oxazole rings is 1. The maximum Gasteiger partial charge on any atom is 0.250 e. The average Bonchev–Trinajstić information content (AvgIpc) is 2.12. The Morgan fingerprint density at radius 2 is 2.09 bits per heavy atom. The van der Waals surface area contributed by atoms with Crippen LogP contribution in [0.2, 0.25) is 0 Å². The molecule has 0 N–H and O–H groups in total. The van der Waals surface area contributed by atoms with Crippen LogP contribution in [0.1, 0.15) is 5.89 Å². The van der Waals surface area contributed by atoms with E-state index in [9.17, 15) is 0 Å². The summed E-state index contributed by atoms with van der Waals surface area (Å²) in [7, 11) is 6.30. The van der Waals surface area contributed by atoms with Gasteiger partial charge in [-0.25, -0.2) is 4.98 Å². The fourth-order valence-corrected chi connectivity index (χ4v) is 0.737. The predicted octanol–water partition coefficient (Wildman–Crippen LogP) is -2.12. The SMILES string of the molecule is C[N+](C)(C)Cc1ncco1.[I-]. The van der Waals surface area contributed by atoms with Crippen molar-refractivity contribution in [2.45, 2.75) is 6.54 Å². The van der Waals surface area contributed by atoms with E-state index in [0.29, 0.717) is 0 Å². The molecular formula is C7H13IN2O. The summed E-state index contributed by atoms with van der Waals surface area (Å²) < 4.78 is 5.93. The Morgan fingerprint density at radius 3 is 2.45 bits per heavy atom. The number of quaternary nitrogens is 1. The summed E-state index contributed by atoms with van der Waals surface area (Å²) >= 11 is 0. The Hall–Kier alpha value is -0.100. The predicted molar refractivity (Wildman–Crippen MR) is 38.2 cm³/mol. The maximum atomic E-state index is 5.08. The van der Waals surface area contributed by atoms with Gasteiger partial charge in [-0.1, -0.05) is 0 Å². The smallest absolute Gasteiger partial charge is 0.250 e. The van der Waals surface area contributed by atoms with E-state index in [1.165, 1.54) is 0 Å². The molecule has 0 aliphatic heterocycles. The van der Waals surface area contributed by atoms with E-state index in [1.54, 1.807) is 12.5 Å². The third-order valence-corrected chi connectivity index (χ3v) is 1.09. The number of aromatic nitrogens is 1. The number of halogens is 1. The van der Waals surface area contributed by atoms with E-state index in [2.05, 4.69) is 26.1 Å². The van der Waals surface area contributed by atoms with Crippen molar-refractivity contribution < 1.29 is 32.9 Å². The van der Waals surface area contributed by atoms with Crippen molar-refractivity contribution in [1.29, 1.82) is 0 Å². The fraction of sp³-hybridized carbons (Fsp3) is 0.571. The number of hydrogen-bond acceptors (Lipinski definition) is 2.